The first-order valence-corrected chi connectivity index (χ1v) is 7.80. The molecule has 106 valence electrons. The van der Waals surface area contributed by atoms with E-state index in [2.05, 4.69) is 45.2 Å². The number of hydrogen-bond donors (Lipinski definition) is 1. The highest BCUT2D eigenvalue weighted by atomic mass is 79.9. The molecule has 1 aliphatic heterocycles. The van der Waals surface area contributed by atoms with Gasteiger partial charge in [-0.2, -0.15) is 0 Å². The van der Waals surface area contributed by atoms with Gasteiger partial charge in [-0.3, -0.25) is 4.90 Å². The van der Waals surface area contributed by atoms with E-state index >= 15 is 0 Å². The highest BCUT2D eigenvalue weighted by Crippen LogP contribution is 2.24. The summed E-state index contributed by atoms with van der Waals surface area (Å²) in [6.07, 6.45) is 2.61. The van der Waals surface area contributed by atoms with E-state index in [0.717, 1.165) is 29.9 Å². The van der Waals surface area contributed by atoms with Crippen molar-refractivity contribution in [2.45, 2.75) is 32.4 Å². The van der Waals surface area contributed by atoms with E-state index in [1.54, 1.807) is 7.11 Å². The molecule has 0 saturated carbocycles. The zero-order chi connectivity index (χ0) is 13.7. The van der Waals surface area contributed by atoms with E-state index in [1.165, 1.54) is 24.9 Å². The highest BCUT2D eigenvalue weighted by Gasteiger charge is 2.17. The molecule has 0 aliphatic carbocycles. The van der Waals surface area contributed by atoms with E-state index in [4.69, 9.17) is 4.74 Å². The van der Waals surface area contributed by atoms with Gasteiger partial charge in [0, 0.05) is 23.6 Å². The van der Waals surface area contributed by atoms with Gasteiger partial charge >= 0.3 is 0 Å². The van der Waals surface area contributed by atoms with Crippen LogP contribution >= 0.6 is 15.9 Å². The van der Waals surface area contributed by atoms with Gasteiger partial charge in [0.15, 0.2) is 0 Å². The summed E-state index contributed by atoms with van der Waals surface area (Å²) in [6.45, 7) is 6.56. The number of hydrogen-bond acceptors (Lipinski definition) is 3. The van der Waals surface area contributed by atoms with Gasteiger partial charge in [0.2, 0.25) is 0 Å². The molecule has 0 spiro atoms. The predicted molar refractivity (Wildman–Crippen MR) is 82.7 cm³/mol. The van der Waals surface area contributed by atoms with Gasteiger partial charge in [-0.1, -0.05) is 22.9 Å². The maximum atomic E-state index is 5.31. The van der Waals surface area contributed by atoms with Crippen molar-refractivity contribution in [3.8, 4) is 5.75 Å². The number of methoxy groups -OCH3 is 1. The third-order valence-corrected chi connectivity index (χ3v) is 4.51. The van der Waals surface area contributed by atoms with Crippen molar-refractivity contribution in [2.75, 3.05) is 26.7 Å². The highest BCUT2D eigenvalue weighted by molar-refractivity contribution is 9.10. The molecule has 0 aromatic heterocycles. The number of ether oxygens (including phenoxy) is 1. The Morgan fingerprint density at radius 1 is 1.47 bits per heavy atom. The summed E-state index contributed by atoms with van der Waals surface area (Å²) in [7, 11) is 1.72. The zero-order valence-corrected chi connectivity index (χ0v) is 13.4. The number of nitrogens with one attached hydrogen (secondary N) is 1. The van der Waals surface area contributed by atoms with Gasteiger partial charge in [-0.05, 0) is 49.7 Å². The van der Waals surface area contributed by atoms with Crippen molar-refractivity contribution in [3.63, 3.8) is 0 Å². The molecule has 1 aromatic carbocycles. The maximum Gasteiger partial charge on any atom is 0.119 e. The second kappa shape index (κ2) is 7.27. The standard InChI is InChI=1S/C15H23BrN2O/c1-3-18(11-13-5-4-8-17-13)10-12-9-14(19-2)6-7-15(12)16/h6-7,9,13,17H,3-5,8,10-11H2,1-2H3. The van der Waals surface area contributed by atoms with Crippen LogP contribution in [0.1, 0.15) is 25.3 Å². The molecule has 1 unspecified atom stereocenters. The number of halogens is 1. The fourth-order valence-corrected chi connectivity index (χ4v) is 2.94. The lowest BCUT2D eigenvalue weighted by molar-refractivity contribution is 0.252. The van der Waals surface area contributed by atoms with Gasteiger partial charge in [-0.15, -0.1) is 0 Å². The second-order valence-corrected chi connectivity index (χ2v) is 5.93. The average molecular weight is 327 g/mol. The largest absolute Gasteiger partial charge is 0.497 e. The summed E-state index contributed by atoms with van der Waals surface area (Å²) in [5.74, 6) is 0.924. The lowest BCUT2D eigenvalue weighted by Crippen LogP contribution is -2.37. The van der Waals surface area contributed by atoms with E-state index < -0.39 is 0 Å². The molecule has 1 aliphatic rings. The SMILES string of the molecule is CCN(Cc1cc(OC)ccc1Br)CC1CCCN1. The molecule has 1 saturated heterocycles. The van der Waals surface area contributed by atoms with Crippen LogP contribution in [0.3, 0.4) is 0 Å². The molecule has 1 fully saturated rings. The Kier molecular flexibility index (Phi) is 5.67. The molecule has 1 atom stereocenters. The monoisotopic (exact) mass is 326 g/mol. The number of benzene rings is 1. The van der Waals surface area contributed by atoms with Gasteiger partial charge in [0.1, 0.15) is 5.75 Å². The molecule has 19 heavy (non-hydrogen) atoms. The van der Waals surface area contributed by atoms with Crippen LogP contribution in [0.15, 0.2) is 22.7 Å². The number of nitrogens with zero attached hydrogens (tertiary/aromatic N) is 1. The van der Waals surface area contributed by atoms with Gasteiger partial charge in [0.25, 0.3) is 0 Å². The lowest BCUT2D eigenvalue weighted by atomic mass is 10.1. The Morgan fingerprint density at radius 3 is 2.95 bits per heavy atom. The molecule has 2 rings (SSSR count). The maximum absolute atomic E-state index is 5.31. The van der Waals surface area contributed by atoms with Crippen LogP contribution in [-0.2, 0) is 6.54 Å². The van der Waals surface area contributed by atoms with Crippen LogP contribution in [0.2, 0.25) is 0 Å². The van der Waals surface area contributed by atoms with Gasteiger partial charge in [-0.25, -0.2) is 0 Å². The minimum Gasteiger partial charge on any atom is -0.497 e. The summed E-state index contributed by atoms with van der Waals surface area (Å²) >= 11 is 3.63. The van der Waals surface area contributed by atoms with Crippen LogP contribution in [0.25, 0.3) is 0 Å². The Labute approximate surface area is 124 Å². The van der Waals surface area contributed by atoms with Gasteiger partial charge in [0.05, 0.1) is 7.11 Å². The second-order valence-electron chi connectivity index (χ2n) is 5.08. The fourth-order valence-electron chi connectivity index (χ4n) is 2.57. The summed E-state index contributed by atoms with van der Waals surface area (Å²) in [6, 6.07) is 6.83. The van der Waals surface area contributed by atoms with E-state index in [0.29, 0.717) is 6.04 Å². The third-order valence-electron chi connectivity index (χ3n) is 3.74. The number of rotatable bonds is 6. The molecule has 0 radical (unpaired) electrons. The van der Waals surface area contributed by atoms with E-state index in [9.17, 15) is 0 Å². The lowest BCUT2D eigenvalue weighted by Gasteiger charge is -2.25. The minimum atomic E-state index is 0.657. The zero-order valence-electron chi connectivity index (χ0n) is 11.8. The molecule has 3 nitrogen and oxygen atoms in total. The third kappa shape index (κ3) is 4.20. The molecular formula is C15H23BrN2O. The van der Waals surface area contributed by atoms with Crippen molar-refractivity contribution in [2.24, 2.45) is 0 Å². The first kappa shape index (κ1) is 14.8. The first-order chi connectivity index (χ1) is 9.22. The Balaban J connectivity index is 2.00. The van der Waals surface area contributed by atoms with Crippen LogP contribution in [0.4, 0.5) is 0 Å². The summed E-state index contributed by atoms with van der Waals surface area (Å²) < 4.78 is 6.47. The average Bonchev–Trinajstić information content (AvgIpc) is 2.93. The molecule has 1 N–H and O–H groups in total. The minimum absolute atomic E-state index is 0.657. The van der Waals surface area contributed by atoms with Crippen LogP contribution in [-0.4, -0.2) is 37.7 Å². The van der Waals surface area contributed by atoms with Crippen molar-refractivity contribution in [1.29, 1.82) is 0 Å². The molecule has 1 aromatic rings. The Bertz CT molecular complexity index is 405. The summed E-state index contributed by atoms with van der Waals surface area (Å²) in [5.41, 5.74) is 1.29. The summed E-state index contributed by atoms with van der Waals surface area (Å²) in [5, 5.41) is 3.57. The normalized spacial score (nSPS) is 19.1. The topological polar surface area (TPSA) is 24.5 Å². The fraction of sp³-hybridized carbons (Fsp3) is 0.600. The van der Waals surface area contributed by atoms with Crippen molar-refractivity contribution in [3.05, 3.63) is 28.2 Å². The molecule has 1 heterocycles. The Hall–Kier alpha value is -0.580. The summed E-state index contributed by atoms with van der Waals surface area (Å²) in [4.78, 5) is 2.49. The van der Waals surface area contributed by atoms with Crippen LogP contribution in [0, 0.1) is 0 Å². The molecule has 4 heteroatoms. The molecular weight excluding hydrogens is 304 g/mol. The van der Waals surface area contributed by atoms with Crippen LogP contribution in [0.5, 0.6) is 5.75 Å². The first-order valence-electron chi connectivity index (χ1n) is 7.01. The predicted octanol–water partition coefficient (Wildman–Crippen LogP) is 3.03. The Morgan fingerprint density at radius 2 is 2.32 bits per heavy atom. The van der Waals surface area contributed by atoms with E-state index in [1.807, 2.05) is 6.07 Å². The number of likely N-dealkylation sites (N-methyl/N-ethyl adjacent to an activating group) is 1. The smallest absolute Gasteiger partial charge is 0.119 e. The van der Waals surface area contributed by atoms with Crippen molar-refractivity contribution in [1.82, 2.24) is 10.2 Å². The quantitative estimate of drug-likeness (QED) is 0.869. The molecule has 0 bridgehead atoms. The van der Waals surface area contributed by atoms with Crippen LogP contribution < -0.4 is 10.1 Å². The van der Waals surface area contributed by atoms with Crippen molar-refractivity contribution < 1.29 is 4.74 Å². The molecule has 0 amide bonds. The van der Waals surface area contributed by atoms with E-state index in [-0.39, 0.29) is 0 Å². The van der Waals surface area contributed by atoms with Crippen molar-refractivity contribution >= 4 is 15.9 Å². The van der Waals surface area contributed by atoms with Gasteiger partial charge < -0.3 is 10.1 Å².